The molecule has 9 nitrogen and oxygen atoms in total. The van der Waals surface area contributed by atoms with Crippen LogP contribution in [0.25, 0.3) is 5.69 Å². The number of thioether (sulfide) groups is 1. The number of hydrogen-bond donors (Lipinski definition) is 1. The molecule has 0 radical (unpaired) electrons. The van der Waals surface area contributed by atoms with E-state index in [2.05, 4.69) is 26.1 Å². The quantitative estimate of drug-likeness (QED) is 0.403. The summed E-state index contributed by atoms with van der Waals surface area (Å²) in [5.41, 5.74) is 4.32. The second-order valence-corrected chi connectivity index (χ2v) is 12.6. The molecule has 3 aromatic rings. The largest absolute Gasteiger partial charge is 0.493 e. The first-order valence-electron chi connectivity index (χ1n) is 13.7. The Hall–Kier alpha value is -3.50. The van der Waals surface area contributed by atoms with Crippen LogP contribution in [0.2, 0.25) is 0 Å². The van der Waals surface area contributed by atoms with Crippen LogP contribution in [0.1, 0.15) is 48.4 Å². The van der Waals surface area contributed by atoms with Gasteiger partial charge in [0.05, 0.1) is 36.6 Å². The number of carbonyl (C=O) groups excluding carboxylic acids is 2. The maximum absolute atomic E-state index is 13.8. The van der Waals surface area contributed by atoms with Crippen LogP contribution in [0, 0.1) is 6.92 Å². The molecule has 0 aliphatic carbocycles. The van der Waals surface area contributed by atoms with E-state index in [-0.39, 0.29) is 34.8 Å². The average Bonchev–Trinajstić information content (AvgIpc) is 3.26. The van der Waals surface area contributed by atoms with Crippen molar-refractivity contribution in [1.82, 2.24) is 20.0 Å². The lowest BCUT2D eigenvalue weighted by atomic mass is 9.87. The Morgan fingerprint density at radius 1 is 1.12 bits per heavy atom. The lowest BCUT2D eigenvalue weighted by Gasteiger charge is -2.25. The van der Waals surface area contributed by atoms with Crippen molar-refractivity contribution >= 4 is 29.4 Å². The molecule has 0 saturated carbocycles. The third-order valence-electron chi connectivity index (χ3n) is 6.94. The van der Waals surface area contributed by atoms with Crippen LogP contribution < -0.4 is 19.7 Å². The molecule has 1 atom stereocenters. The Morgan fingerprint density at radius 3 is 2.49 bits per heavy atom. The van der Waals surface area contributed by atoms with E-state index in [9.17, 15) is 9.59 Å². The number of hydrogen-bond acceptors (Lipinski definition) is 7. The van der Waals surface area contributed by atoms with Gasteiger partial charge in [-0.2, -0.15) is 5.10 Å². The standard InChI is InChI=1S/C31H41N5O4S/c1-20-10-9-11-22(16-20)36-30-27(29(33-36)31(2,3)4)28(21-12-13-23(39-7)24(17-21)40-8)41-19-26(38)35(30)18-25(37)32-14-15-34(5)6/h9-13,16-17,28H,14-15,18-19H2,1-8H3,(H,32,37)/t28-/m0/s1. The SMILES string of the molecule is COc1ccc([C@@H]2SCC(=O)N(CC(=O)NCCN(C)C)c3c2c(C(C)(C)C)nn3-c2cccc(C)c2)cc1OC. The van der Waals surface area contributed by atoms with E-state index in [0.717, 1.165) is 28.1 Å². The number of likely N-dealkylation sites (N-methyl/N-ethyl adjacent to an activating group) is 1. The number of nitrogens with one attached hydrogen (secondary N) is 1. The van der Waals surface area contributed by atoms with Crippen molar-refractivity contribution < 1.29 is 19.1 Å². The van der Waals surface area contributed by atoms with Gasteiger partial charge in [-0.25, -0.2) is 4.68 Å². The van der Waals surface area contributed by atoms with E-state index in [1.165, 1.54) is 11.8 Å². The van der Waals surface area contributed by atoms with Gasteiger partial charge in [-0.1, -0.05) is 39.0 Å². The highest BCUT2D eigenvalue weighted by molar-refractivity contribution is 8.00. The summed E-state index contributed by atoms with van der Waals surface area (Å²) in [5.74, 6) is 1.72. The molecule has 1 aliphatic rings. The summed E-state index contributed by atoms with van der Waals surface area (Å²) in [6, 6.07) is 13.9. The molecule has 2 heterocycles. The molecule has 220 valence electrons. The average molecular weight is 580 g/mol. The number of methoxy groups -OCH3 is 2. The van der Waals surface area contributed by atoms with E-state index < -0.39 is 0 Å². The summed E-state index contributed by atoms with van der Waals surface area (Å²) in [7, 11) is 7.14. The summed E-state index contributed by atoms with van der Waals surface area (Å²) in [4.78, 5) is 30.6. The van der Waals surface area contributed by atoms with Crippen molar-refractivity contribution in [2.45, 2.75) is 38.4 Å². The van der Waals surface area contributed by atoms with Gasteiger partial charge in [0, 0.05) is 24.1 Å². The summed E-state index contributed by atoms with van der Waals surface area (Å²) < 4.78 is 13.0. The topological polar surface area (TPSA) is 88.9 Å². The van der Waals surface area contributed by atoms with Crippen LogP contribution in [-0.4, -0.2) is 80.2 Å². The number of aromatic nitrogens is 2. The molecule has 0 saturated heterocycles. The molecule has 0 fully saturated rings. The highest BCUT2D eigenvalue weighted by atomic mass is 32.2. The van der Waals surface area contributed by atoms with Crippen LogP contribution in [0.15, 0.2) is 42.5 Å². The Morgan fingerprint density at radius 2 is 1.85 bits per heavy atom. The monoisotopic (exact) mass is 579 g/mol. The third kappa shape index (κ3) is 6.70. The highest BCUT2D eigenvalue weighted by Gasteiger charge is 2.40. The van der Waals surface area contributed by atoms with Gasteiger partial charge in [0.2, 0.25) is 11.8 Å². The van der Waals surface area contributed by atoms with Crippen LogP contribution in [0.5, 0.6) is 11.5 Å². The Bertz CT molecular complexity index is 1410. The van der Waals surface area contributed by atoms with Gasteiger partial charge in [-0.15, -0.1) is 11.8 Å². The van der Waals surface area contributed by atoms with E-state index in [1.54, 1.807) is 19.1 Å². The number of fused-ring (bicyclic) bond motifs is 1. The number of ether oxygens (including phenoxy) is 2. The summed E-state index contributed by atoms with van der Waals surface area (Å²) in [6.45, 7) is 9.50. The minimum absolute atomic E-state index is 0.0977. The van der Waals surface area contributed by atoms with Gasteiger partial charge in [0.25, 0.3) is 0 Å². The van der Waals surface area contributed by atoms with Crippen LogP contribution in [0.4, 0.5) is 5.82 Å². The summed E-state index contributed by atoms with van der Waals surface area (Å²) in [5, 5.41) is 7.90. The minimum Gasteiger partial charge on any atom is -0.493 e. The molecule has 0 spiro atoms. The van der Waals surface area contributed by atoms with Crippen LogP contribution in [-0.2, 0) is 15.0 Å². The fraction of sp³-hybridized carbons (Fsp3) is 0.452. The Balaban J connectivity index is 1.94. The maximum Gasteiger partial charge on any atom is 0.240 e. The maximum atomic E-state index is 13.8. The third-order valence-corrected chi connectivity index (χ3v) is 8.19. The van der Waals surface area contributed by atoms with Crippen molar-refractivity contribution in [3.8, 4) is 17.2 Å². The first-order valence-corrected chi connectivity index (χ1v) is 14.7. The number of aryl methyl sites for hydroxylation is 1. The molecule has 2 amide bonds. The molecule has 41 heavy (non-hydrogen) atoms. The molecule has 1 aromatic heterocycles. The first kappa shape index (κ1) is 30.5. The summed E-state index contributed by atoms with van der Waals surface area (Å²) in [6.07, 6.45) is 0. The molecule has 1 N–H and O–H groups in total. The van der Waals surface area contributed by atoms with Crippen molar-refractivity contribution in [3.63, 3.8) is 0 Å². The fourth-order valence-corrected chi connectivity index (χ4v) is 6.10. The zero-order chi connectivity index (χ0) is 29.9. The van der Waals surface area contributed by atoms with Crippen molar-refractivity contribution in [3.05, 3.63) is 64.8 Å². The molecule has 0 unspecified atom stereocenters. The predicted molar refractivity (Wildman–Crippen MR) is 165 cm³/mol. The first-order chi connectivity index (χ1) is 19.4. The number of carbonyl (C=O) groups is 2. The van der Waals surface area contributed by atoms with Gasteiger partial charge >= 0.3 is 0 Å². The van der Waals surface area contributed by atoms with Gasteiger partial charge in [0.15, 0.2) is 11.5 Å². The highest BCUT2D eigenvalue weighted by Crippen LogP contribution is 2.49. The minimum atomic E-state index is -0.346. The van der Waals surface area contributed by atoms with Crippen LogP contribution >= 0.6 is 11.8 Å². The normalized spacial score (nSPS) is 15.5. The number of amides is 2. The second-order valence-electron chi connectivity index (χ2n) is 11.5. The molecular formula is C31H41N5O4S. The van der Waals surface area contributed by atoms with E-state index in [1.807, 2.05) is 73.1 Å². The van der Waals surface area contributed by atoms with Gasteiger partial charge in [0.1, 0.15) is 12.4 Å². The zero-order valence-electron chi connectivity index (χ0n) is 25.3. The van der Waals surface area contributed by atoms with E-state index in [0.29, 0.717) is 30.4 Å². The fourth-order valence-electron chi connectivity index (χ4n) is 4.91. The van der Waals surface area contributed by atoms with E-state index in [4.69, 9.17) is 14.6 Å². The number of nitrogens with zero attached hydrogens (tertiary/aromatic N) is 4. The smallest absolute Gasteiger partial charge is 0.240 e. The van der Waals surface area contributed by atoms with Crippen LogP contribution in [0.3, 0.4) is 0 Å². The second kappa shape index (κ2) is 12.6. The van der Waals surface area contributed by atoms with E-state index >= 15 is 0 Å². The summed E-state index contributed by atoms with van der Waals surface area (Å²) >= 11 is 1.54. The number of rotatable bonds is 9. The zero-order valence-corrected chi connectivity index (χ0v) is 26.1. The molecular weight excluding hydrogens is 538 g/mol. The molecule has 4 rings (SSSR count). The number of anilines is 1. The lowest BCUT2D eigenvalue weighted by Crippen LogP contribution is -2.43. The predicted octanol–water partition coefficient (Wildman–Crippen LogP) is 4.34. The lowest BCUT2D eigenvalue weighted by molar-refractivity contribution is -0.122. The molecule has 2 aromatic carbocycles. The Kier molecular flexibility index (Phi) is 9.34. The van der Waals surface area contributed by atoms with Crippen molar-refractivity contribution in [2.24, 2.45) is 0 Å². The van der Waals surface area contributed by atoms with Gasteiger partial charge < -0.3 is 19.7 Å². The number of benzene rings is 2. The Labute approximate surface area is 247 Å². The van der Waals surface area contributed by atoms with Crippen molar-refractivity contribution in [2.75, 3.05) is 58.6 Å². The van der Waals surface area contributed by atoms with Gasteiger partial charge in [-0.05, 0) is 56.4 Å². The molecule has 10 heteroatoms. The van der Waals surface area contributed by atoms with Gasteiger partial charge in [-0.3, -0.25) is 14.5 Å². The molecule has 1 aliphatic heterocycles. The van der Waals surface area contributed by atoms with Crippen molar-refractivity contribution in [1.29, 1.82) is 0 Å². The molecule has 0 bridgehead atoms.